The van der Waals surface area contributed by atoms with Gasteiger partial charge in [-0.15, -0.1) is 0 Å². The smallest absolute Gasteiger partial charge is 0.368 e. The highest BCUT2D eigenvalue weighted by Crippen LogP contribution is 2.35. The van der Waals surface area contributed by atoms with Crippen LogP contribution in [0.15, 0.2) is 53.2 Å². The number of nitrogens with zero attached hydrogens (tertiary/aromatic N) is 1. The molecule has 0 atom stereocenters. The van der Waals surface area contributed by atoms with Crippen LogP contribution in [0.5, 0.6) is 5.75 Å². The highest BCUT2D eigenvalue weighted by atomic mass is 35.5. The van der Waals surface area contributed by atoms with Gasteiger partial charge in [0.05, 0.1) is 22.2 Å². The van der Waals surface area contributed by atoms with E-state index in [1.807, 2.05) is 37.3 Å². The number of oxime groups is 1. The zero-order valence-corrected chi connectivity index (χ0v) is 15.0. The van der Waals surface area contributed by atoms with Gasteiger partial charge in [0.1, 0.15) is 5.71 Å². The van der Waals surface area contributed by atoms with Gasteiger partial charge < -0.3 is 9.57 Å². The number of carbonyl (C=O) groups is 1. The van der Waals surface area contributed by atoms with Crippen molar-refractivity contribution in [3.63, 3.8) is 0 Å². The van der Waals surface area contributed by atoms with Gasteiger partial charge in [-0.05, 0) is 30.2 Å². The first-order valence-electron chi connectivity index (χ1n) is 7.79. The minimum atomic E-state index is -0.516. The van der Waals surface area contributed by atoms with Gasteiger partial charge in [-0.3, -0.25) is 0 Å². The predicted octanol–water partition coefficient (Wildman–Crippen LogP) is 5.13. The van der Waals surface area contributed by atoms with Crippen LogP contribution >= 0.6 is 23.2 Å². The molecule has 1 heterocycles. The molecule has 0 radical (unpaired) electrons. The van der Waals surface area contributed by atoms with E-state index >= 15 is 0 Å². The number of carbonyl (C=O) groups excluding carboxylic acids is 1. The van der Waals surface area contributed by atoms with Crippen LogP contribution in [0.1, 0.15) is 24.5 Å². The van der Waals surface area contributed by atoms with Crippen molar-refractivity contribution in [1.29, 1.82) is 0 Å². The first-order chi connectivity index (χ1) is 12.1. The van der Waals surface area contributed by atoms with Crippen LogP contribution in [0.2, 0.25) is 10.0 Å². The van der Waals surface area contributed by atoms with Gasteiger partial charge in [0, 0.05) is 5.56 Å². The van der Waals surface area contributed by atoms with Gasteiger partial charge in [0.2, 0.25) is 0 Å². The molecule has 0 aromatic heterocycles. The minimum absolute atomic E-state index is 0.348. The molecule has 0 spiro atoms. The van der Waals surface area contributed by atoms with Crippen molar-refractivity contribution in [2.24, 2.45) is 5.16 Å². The summed E-state index contributed by atoms with van der Waals surface area (Å²) in [5.74, 6) is -0.0734. The van der Waals surface area contributed by atoms with E-state index in [0.29, 0.717) is 39.2 Å². The second-order valence-corrected chi connectivity index (χ2v) is 6.22. The summed E-state index contributed by atoms with van der Waals surface area (Å²) < 4.78 is 5.55. The van der Waals surface area contributed by atoms with Crippen molar-refractivity contribution in [3.05, 3.63) is 69.2 Å². The predicted molar refractivity (Wildman–Crippen MR) is 99.3 cm³/mol. The van der Waals surface area contributed by atoms with E-state index in [-0.39, 0.29) is 0 Å². The Balaban J connectivity index is 1.96. The lowest BCUT2D eigenvalue weighted by Crippen LogP contribution is -2.06. The van der Waals surface area contributed by atoms with Gasteiger partial charge in [-0.2, -0.15) is 0 Å². The molecule has 0 bridgehead atoms. The van der Waals surface area contributed by atoms with Gasteiger partial charge in [0.15, 0.2) is 5.75 Å². The highest BCUT2D eigenvalue weighted by molar-refractivity contribution is 6.37. The Morgan fingerprint density at radius 2 is 1.84 bits per heavy atom. The molecule has 2 aromatic carbocycles. The monoisotopic (exact) mass is 375 g/mol. The molecule has 4 nitrogen and oxygen atoms in total. The van der Waals surface area contributed by atoms with Gasteiger partial charge in [-0.1, -0.05) is 65.6 Å². The fraction of sp³-hybridized carbons (Fsp3) is 0.158. The average molecular weight is 376 g/mol. The lowest BCUT2D eigenvalue weighted by molar-refractivity contribution is -0.136. The van der Waals surface area contributed by atoms with E-state index in [4.69, 9.17) is 32.8 Å². The lowest BCUT2D eigenvalue weighted by Gasteiger charge is -2.10. The molecule has 1 aliphatic heterocycles. The second kappa shape index (κ2) is 7.72. The molecule has 0 unspecified atom stereocenters. The van der Waals surface area contributed by atoms with E-state index in [2.05, 4.69) is 5.16 Å². The molecule has 0 N–H and O–H groups in total. The summed E-state index contributed by atoms with van der Waals surface area (Å²) in [5.41, 5.74) is 2.28. The maximum Gasteiger partial charge on any atom is 0.368 e. The maximum atomic E-state index is 12.0. The molecule has 25 heavy (non-hydrogen) atoms. The molecule has 0 amide bonds. The Morgan fingerprint density at radius 1 is 1.16 bits per heavy atom. The first-order valence-corrected chi connectivity index (χ1v) is 8.54. The lowest BCUT2D eigenvalue weighted by atomic mass is 10.0. The largest absolute Gasteiger partial charge is 0.490 e. The number of hydrogen-bond donors (Lipinski definition) is 0. The van der Waals surface area contributed by atoms with E-state index in [1.54, 1.807) is 18.2 Å². The summed E-state index contributed by atoms with van der Waals surface area (Å²) in [6.45, 7) is 2.52. The molecule has 128 valence electrons. The zero-order valence-electron chi connectivity index (χ0n) is 13.5. The van der Waals surface area contributed by atoms with Crippen molar-refractivity contribution in [1.82, 2.24) is 0 Å². The van der Waals surface area contributed by atoms with E-state index in [1.165, 1.54) is 0 Å². The normalized spacial score (nSPS) is 15.2. The van der Waals surface area contributed by atoms with E-state index < -0.39 is 5.97 Å². The van der Waals surface area contributed by atoms with Crippen molar-refractivity contribution in [2.45, 2.75) is 13.3 Å². The van der Waals surface area contributed by atoms with E-state index in [0.717, 1.165) is 12.0 Å². The number of halogens is 2. The van der Waals surface area contributed by atoms with Crippen LogP contribution in [-0.4, -0.2) is 18.3 Å². The molecular weight excluding hydrogens is 361 g/mol. The molecule has 0 fully saturated rings. The number of ether oxygens (including phenoxy) is 1. The van der Waals surface area contributed by atoms with Crippen LogP contribution in [0.25, 0.3) is 6.08 Å². The zero-order chi connectivity index (χ0) is 17.8. The molecular formula is C19H15Cl2NO3. The minimum Gasteiger partial charge on any atom is -0.490 e. The Bertz CT molecular complexity index is 837. The fourth-order valence-electron chi connectivity index (χ4n) is 2.39. The first kappa shape index (κ1) is 17.5. The quantitative estimate of drug-likeness (QED) is 0.537. The number of rotatable bonds is 5. The summed E-state index contributed by atoms with van der Waals surface area (Å²) in [6, 6.07) is 12.7. The van der Waals surface area contributed by atoms with Crippen LogP contribution < -0.4 is 4.74 Å². The molecule has 0 saturated heterocycles. The van der Waals surface area contributed by atoms with Crippen molar-refractivity contribution >= 4 is 41.0 Å². The molecule has 6 heteroatoms. The highest BCUT2D eigenvalue weighted by Gasteiger charge is 2.26. The third-order valence-corrected chi connectivity index (χ3v) is 4.09. The van der Waals surface area contributed by atoms with Crippen LogP contribution in [0.3, 0.4) is 0 Å². The summed E-state index contributed by atoms with van der Waals surface area (Å²) in [6.07, 6.45) is 2.50. The Kier molecular flexibility index (Phi) is 5.41. The summed E-state index contributed by atoms with van der Waals surface area (Å²) in [4.78, 5) is 16.9. The third-order valence-electron chi connectivity index (χ3n) is 3.52. The number of hydrogen-bond acceptors (Lipinski definition) is 4. The van der Waals surface area contributed by atoms with Crippen molar-refractivity contribution in [3.8, 4) is 5.75 Å². The Morgan fingerprint density at radius 3 is 2.48 bits per heavy atom. The maximum absolute atomic E-state index is 12.0. The molecule has 3 rings (SSSR count). The van der Waals surface area contributed by atoms with Gasteiger partial charge >= 0.3 is 5.97 Å². The molecule has 0 saturated carbocycles. The third kappa shape index (κ3) is 3.86. The Labute approximate surface area is 155 Å². The summed E-state index contributed by atoms with van der Waals surface area (Å²) in [5, 5.41) is 4.65. The Hall–Kier alpha value is -2.30. The summed E-state index contributed by atoms with van der Waals surface area (Å²) >= 11 is 12.5. The van der Waals surface area contributed by atoms with E-state index in [9.17, 15) is 4.79 Å². The SMILES string of the molecule is CCCOc1c(Cl)cc(/C=C2\C(=O)ON=C2c2ccccc2)cc1Cl. The van der Waals surface area contributed by atoms with Gasteiger partial charge in [0.25, 0.3) is 0 Å². The van der Waals surface area contributed by atoms with Gasteiger partial charge in [-0.25, -0.2) is 4.79 Å². The second-order valence-electron chi connectivity index (χ2n) is 5.40. The average Bonchev–Trinajstić information content (AvgIpc) is 2.96. The summed E-state index contributed by atoms with van der Waals surface area (Å²) in [7, 11) is 0. The number of benzene rings is 2. The topological polar surface area (TPSA) is 47.9 Å². The standard InChI is InChI=1S/C19H15Cl2NO3/c1-2-8-24-18-15(20)10-12(11-16(18)21)9-14-17(22-25-19(14)23)13-6-4-3-5-7-13/h3-7,9-11H,2,8H2,1H3/b14-9-. The molecule has 2 aromatic rings. The molecule has 1 aliphatic rings. The molecule has 0 aliphatic carbocycles. The van der Waals surface area contributed by atoms with Crippen molar-refractivity contribution in [2.75, 3.05) is 6.61 Å². The van der Waals surface area contributed by atoms with Crippen LogP contribution in [-0.2, 0) is 9.63 Å². The fourth-order valence-corrected chi connectivity index (χ4v) is 3.00. The van der Waals surface area contributed by atoms with Crippen LogP contribution in [0, 0.1) is 0 Å². The van der Waals surface area contributed by atoms with Crippen LogP contribution in [0.4, 0.5) is 0 Å². The van der Waals surface area contributed by atoms with Crippen molar-refractivity contribution < 1.29 is 14.4 Å².